The Labute approximate surface area is 72.9 Å². The Morgan fingerprint density at radius 2 is 1.82 bits per heavy atom. The van der Waals surface area contributed by atoms with Gasteiger partial charge in [0.1, 0.15) is 0 Å². The first kappa shape index (κ1) is 9.27. The normalized spacial score (nSPS) is 26.7. The molecule has 1 nitrogen and oxygen atoms in total. The molecule has 0 bridgehead atoms. The van der Waals surface area contributed by atoms with E-state index in [9.17, 15) is 0 Å². The lowest BCUT2D eigenvalue weighted by Crippen LogP contribution is -2.34. The highest BCUT2D eigenvalue weighted by Crippen LogP contribution is 2.31. The molecule has 1 atom stereocenters. The van der Waals surface area contributed by atoms with Crippen molar-refractivity contribution in [3.05, 3.63) is 0 Å². The number of ether oxygens (including phenoxy) is 1. The van der Waals surface area contributed by atoms with Crippen molar-refractivity contribution < 1.29 is 4.74 Å². The Bertz CT molecular complexity index is 117. The van der Waals surface area contributed by atoms with E-state index in [-0.39, 0.29) is 5.60 Å². The zero-order valence-corrected chi connectivity index (χ0v) is 10.0. The smallest absolute Gasteiger partial charge is 0.0653 e. The Kier molecular flexibility index (Phi) is 3.13. The van der Waals surface area contributed by atoms with Crippen molar-refractivity contribution in [3.63, 3.8) is 0 Å². The van der Waals surface area contributed by atoms with Gasteiger partial charge in [0.05, 0.1) is 5.60 Å². The van der Waals surface area contributed by atoms with Gasteiger partial charge < -0.3 is 4.74 Å². The highest BCUT2D eigenvalue weighted by Gasteiger charge is 2.27. The van der Waals surface area contributed by atoms with Gasteiger partial charge in [0.15, 0.2) is 0 Å². The molecule has 0 aromatic carbocycles. The SMILES string of the molecule is CC([SiH3])OC1(C)CCCCC1. The Morgan fingerprint density at radius 1 is 1.27 bits per heavy atom. The van der Waals surface area contributed by atoms with Crippen molar-refractivity contribution in [1.82, 2.24) is 0 Å². The van der Waals surface area contributed by atoms with Crippen molar-refractivity contribution in [1.29, 1.82) is 0 Å². The lowest BCUT2D eigenvalue weighted by Gasteiger charge is -2.35. The molecule has 66 valence electrons. The van der Waals surface area contributed by atoms with Crippen LogP contribution in [0, 0.1) is 0 Å². The van der Waals surface area contributed by atoms with E-state index in [0.717, 1.165) is 10.2 Å². The Morgan fingerprint density at radius 3 is 2.27 bits per heavy atom. The van der Waals surface area contributed by atoms with Gasteiger partial charge in [-0.2, -0.15) is 0 Å². The van der Waals surface area contributed by atoms with E-state index in [0.29, 0.717) is 5.73 Å². The van der Waals surface area contributed by atoms with Crippen LogP contribution in [0.15, 0.2) is 0 Å². The molecule has 0 saturated heterocycles. The first-order valence-corrected chi connectivity index (χ1v) is 5.96. The summed E-state index contributed by atoms with van der Waals surface area (Å²) in [6.45, 7) is 4.46. The molecule has 0 N–H and O–H groups in total. The lowest BCUT2D eigenvalue weighted by atomic mass is 9.86. The highest BCUT2D eigenvalue weighted by molar-refractivity contribution is 6.10. The zero-order chi connectivity index (χ0) is 8.32. The molecule has 0 aliphatic heterocycles. The summed E-state index contributed by atoms with van der Waals surface area (Å²) in [5, 5.41) is 0. The average molecular weight is 172 g/mol. The standard InChI is InChI=1S/C9H20OSi/c1-8(11)10-9(2)6-4-3-5-7-9/h8H,3-7H2,1-2,11H3. The monoisotopic (exact) mass is 172 g/mol. The van der Waals surface area contributed by atoms with E-state index in [2.05, 4.69) is 13.8 Å². The van der Waals surface area contributed by atoms with Crippen LogP contribution < -0.4 is 0 Å². The topological polar surface area (TPSA) is 9.23 Å². The van der Waals surface area contributed by atoms with Gasteiger partial charge in [-0.1, -0.05) is 19.3 Å². The minimum Gasteiger partial charge on any atom is -0.377 e. The van der Waals surface area contributed by atoms with Crippen molar-refractivity contribution in [2.24, 2.45) is 0 Å². The second-order valence-corrected chi connectivity index (χ2v) is 5.80. The van der Waals surface area contributed by atoms with Crippen molar-refractivity contribution >= 4 is 10.2 Å². The van der Waals surface area contributed by atoms with Crippen LogP contribution in [0.1, 0.15) is 46.0 Å². The second kappa shape index (κ2) is 3.72. The maximum Gasteiger partial charge on any atom is 0.0653 e. The largest absolute Gasteiger partial charge is 0.377 e. The van der Waals surface area contributed by atoms with Gasteiger partial charge >= 0.3 is 0 Å². The molecule has 1 aliphatic rings. The molecule has 1 unspecified atom stereocenters. The third-order valence-electron chi connectivity index (χ3n) is 2.43. The van der Waals surface area contributed by atoms with Crippen LogP contribution >= 0.6 is 0 Å². The first-order valence-electron chi connectivity index (χ1n) is 4.80. The molecule has 11 heavy (non-hydrogen) atoms. The molecular weight excluding hydrogens is 152 g/mol. The summed E-state index contributed by atoms with van der Waals surface area (Å²) in [7, 11) is 1.16. The summed E-state index contributed by atoms with van der Waals surface area (Å²) in [5.41, 5.74) is 0.762. The van der Waals surface area contributed by atoms with Gasteiger partial charge in [-0.05, 0) is 26.7 Å². The molecule has 1 rings (SSSR count). The van der Waals surface area contributed by atoms with Crippen LogP contribution in [0.5, 0.6) is 0 Å². The maximum absolute atomic E-state index is 5.94. The van der Waals surface area contributed by atoms with Gasteiger partial charge in [0.25, 0.3) is 0 Å². The van der Waals surface area contributed by atoms with Gasteiger partial charge in [0.2, 0.25) is 0 Å². The Balaban J connectivity index is 2.37. The summed E-state index contributed by atoms with van der Waals surface area (Å²) in [6.07, 6.45) is 6.70. The van der Waals surface area contributed by atoms with Crippen LogP contribution in [-0.4, -0.2) is 21.6 Å². The lowest BCUT2D eigenvalue weighted by molar-refractivity contribution is -0.0665. The van der Waals surface area contributed by atoms with E-state index in [1.807, 2.05) is 0 Å². The fourth-order valence-corrected chi connectivity index (χ4v) is 2.56. The molecule has 1 saturated carbocycles. The molecule has 1 aliphatic carbocycles. The van der Waals surface area contributed by atoms with E-state index in [1.54, 1.807) is 0 Å². The molecular formula is C9H20OSi. The van der Waals surface area contributed by atoms with E-state index in [1.165, 1.54) is 32.1 Å². The third-order valence-corrected chi connectivity index (χ3v) is 2.67. The molecule has 0 spiro atoms. The second-order valence-electron chi connectivity index (χ2n) is 4.18. The van der Waals surface area contributed by atoms with Gasteiger partial charge in [-0.25, -0.2) is 0 Å². The fourth-order valence-electron chi connectivity index (χ4n) is 1.99. The molecule has 0 radical (unpaired) electrons. The van der Waals surface area contributed by atoms with Crippen LogP contribution in [0.25, 0.3) is 0 Å². The number of hydrogen-bond acceptors (Lipinski definition) is 1. The summed E-state index contributed by atoms with van der Waals surface area (Å²) < 4.78 is 5.94. The summed E-state index contributed by atoms with van der Waals surface area (Å²) in [5.74, 6) is 0. The van der Waals surface area contributed by atoms with E-state index >= 15 is 0 Å². The molecule has 1 fully saturated rings. The minimum absolute atomic E-state index is 0.236. The van der Waals surface area contributed by atoms with Crippen LogP contribution in [0.4, 0.5) is 0 Å². The number of hydrogen-bond donors (Lipinski definition) is 0. The van der Waals surface area contributed by atoms with Crippen molar-refractivity contribution in [2.75, 3.05) is 0 Å². The van der Waals surface area contributed by atoms with Crippen LogP contribution in [0.2, 0.25) is 0 Å². The fraction of sp³-hybridized carbons (Fsp3) is 1.00. The maximum atomic E-state index is 5.94. The highest BCUT2D eigenvalue weighted by atomic mass is 28.1. The predicted octanol–water partition coefficient (Wildman–Crippen LogP) is 1.44. The molecule has 0 amide bonds. The Hall–Kier alpha value is 0.177. The average Bonchev–Trinajstić information content (AvgIpc) is 1.85. The van der Waals surface area contributed by atoms with Crippen LogP contribution in [-0.2, 0) is 4.74 Å². The minimum atomic E-state index is 0.236. The summed E-state index contributed by atoms with van der Waals surface area (Å²) in [6, 6.07) is 0. The van der Waals surface area contributed by atoms with Gasteiger partial charge in [-0.15, -0.1) is 0 Å². The number of rotatable bonds is 2. The quantitative estimate of drug-likeness (QED) is 0.573. The van der Waals surface area contributed by atoms with E-state index < -0.39 is 0 Å². The molecule has 0 aromatic heterocycles. The first-order chi connectivity index (χ1) is 5.12. The summed E-state index contributed by atoms with van der Waals surface area (Å²) in [4.78, 5) is 0. The molecule has 2 heteroatoms. The van der Waals surface area contributed by atoms with E-state index in [4.69, 9.17) is 4.74 Å². The van der Waals surface area contributed by atoms with Gasteiger partial charge in [-0.3, -0.25) is 0 Å². The zero-order valence-electron chi connectivity index (χ0n) is 8.02. The summed E-state index contributed by atoms with van der Waals surface area (Å²) >= 11 is 0. The third kappa shape index (κ3) is 2.95. The van der Waals surface area contributed by atoms with Gasteiger partial charge in [0, 0.05) is 16.0 Å². The van der Waals surface area contributed by atoms with Crippen LogP contribution in [0.3, 0.4) is 0 Å². The van der Waals surface area contributed by atoms with Crippen molar-refractivity contribution in [2.45, 2.75) is 57.3 Å². The van der Waals surface area contributed by atoms with Crippen molar-refractivity contribution in [3.8, 4) is 0 Å². The molecule has 0 heterocycles. The molecule has 0 aromatic rings. The predicted molar refractivity (Wildman–Crippen MR) is 52.0 cm³/mol.